The molecule has 0 saturated carbocycles. The number of carbonyl (C=O) groups excluding carboxylic acids is 2. The van der Waals surface area contributed by atoms with E-state index < -0.39 is 17.6 Å². The number of aromatic nitrogens is 2. The molecule has 0 unspecified atom stereocenters. The number of nitrogens with one attached hydrogen (secondary N) is 2. The fourth-order valence-electron chi connectivity index (χ4n) is 2.91. The van der Waals surface area contributed by atoms with Crippen LogP contribution in [0.5, 0.6) is 0 Å². The summed E-state index contributed by atoms with van der Waals surface area (Å²) in [7, 11) is 0. The Morgan fingerprint density at radius 3 is 2.87 bits per heavy atom. The molecule has 0 saturated heterocycles. The van der Waals surface area contributed by atoms with Gasteiger partial charge in [0.2, 0.25) is 11.7 Å². The minimum absolute atomic E-state index is 0.0969. The summed E-state index contributed by atoms with van der Waals surface area (Å²) in [5.41, 5.74) is 1.34. The molecule has 3 aromatic rings. The highest BCUT2D eigenvalue weighted by Crippen LogP contribution is 2.30. The number of rotatable bonds is 6. The first-order chi connectivity index (χ1) is 14.6. The Morgan fingerprint density at radius 2 is 2.10 bits per heavy atom. The molecule has 0 radical (unpaired) electrons. The summed E-state index contributed by atoms with van der Waals surface area (Å²) in [4.78, 5) is 32.5. The number of ether oxygens (including phenoxy) is 2. The zero-order valence-corrected chi connectivity index (χ0v) is 15.5. The van der Waals surface area contributed by atoms with Crippen LogP contribution in [0.4, 0.5) is 10.1 Å². The Hall–Kier alpha value is -3.98. The molecule has 3 heterocycles. The van der Waals surface area contributed by atoms with Gasteiger partial charge in [0.15, 0.2) is 11.3 Å². The van der Waals surface area contributed by atoms with Crippen molar-refractivity contribution < 1.29 is 28.6 Å². The Labute approximate surface area is 169 Å². The molecule has 0 amide bonds. The summed E-state index contributed by atoms with van der Waals surface area (Å²) in [6.07, 6.45) is 4.78. The maximum absolute atomic E-state index is 13.2. The average molecular weight is 409 g/mol. The number of allylic oxidation sites excluding steroid dienone is 1. The van der Waals surface area contributed by atoms with Crippen molar-refractivity contribution in [2.24, 2.45) is 0 Å². The smallest absolute Gasteiger partial charge is 0.347 e. The van der Waals surface area contributed by atoms with Crippen LogP contribution >= 0.6 is 0 Å². The molecule has 0 atom stereocenters. The number of hydrogen-bond acceptors (Lipinski definition) is 7. The van der Waals surface area contributed by atoms with E-state index in [-0.39, 0.29) is 30.4 Å². The van der Waals surface area contributed by atoms with Crippen LogP contribution < -0.4 is 5.32 Å². The third-order valence-corrected chi connectivity index (χ3v) is 4.29. The second-order valence-corrected chi connectivity index (χ2v) is 6.28. The van der Waals surface area contributed by atoms with Crippen molar-refractivity contribution in [3.8, 4) is 0 Å². The van der Waals surface area contributed by atoms with Crippen molar-refractivity contribution in [1.82, 2.24) is 9.97 Å². The van der Waals surface area contributed by atoms with E-state index in [1.807, 2.05) is 6.07 Å². The normalized spacial score (nSPS) is 15.0. The van der Waals surface area contributed by atoms with Crippen molar-refractivity contribution in [3.63, 3.8) is 0 Å². The lowest BCUT2D eigenvalue weighted by Gasteiger charge is -2.08. The minimum Gasteiger partial charge on any atom is -0.459 e. The van der Waals surface area contributed by atoms with E-state index in [1.165, 1.54) is 30.3 Å². The number of fused-ring (bicyclic) bond motifs is 1. The number of hydrogen-bond donors (Lipinski definition) is 3. The highest BCUT2D eigenvalue weighted by atomic mass is 19.1. The SMILES string of the molecule is O=C(OCCO)C1=C(Nc2ccc(F)cc2)O/C(=C\c2c[nH]c3ncccc23)C1=O. The van der Waals surface area contributed by atoms with Crippen LogP contribution in [0.15, 0.2) is 66.0 Å². The van der Waals surface area contributed by atoms with Gasteiger partial charge < -0.3 is 24.9 Å². The van der Waals surface area contributed by atoms with E-state index in [1.54, 1.807) is 18.5 Å². The molecule has 0 aliphatic carbocycles. The minimum atomic E-state index is -0.942. The van der Waals surface area contributed by atoms with Crippen LogP contribution in [0.2, 0.25) is 0 Å². The first-order valence-corrected chi connectivity index (χ1v) is 8.98. The van der Waals surface area contributed by atoms with Gasteiger partial charge in [-0.05, 0) is 42.5 Å². The van der Waals surface area contributed by atoms with Crippen molar-refractivity contribution in [2.75, 3.05) is 18.5 Å². The molecule has 2 aromatic heterocycles. The van der Waals surface area contributed by atoms with Gasteiger partial charge in [-0.25, -0.2) is 14.2 Å². The van der Waals surface area contributed by atoms with Crippen molar-refractivity contribution in [2.45, 2.75) is 0 Å². The van der Waals surface area contributed by atoms with Gasteiger partial charge in [-0.15, -0.1) is 0 Å². The summed E-state index contributed by atoms with van der Waals surface area (Å²) in [5.74, 6) is -2.29. The first-order valence-electron chi connectivity index (χ1n) is 8.98. The number of Topliss-reactive ketones (excluding diaryl/α,β-unsaturated/α-hetero) is 1. The molecule has 4 rings (SSSR count). The molecule has 1 aliphatic rings. The number of carbonyl (C=O) groups is 2. The predicted molar refractivity (Wildman–Crippen MR) is 105 cm³/mol. The summed E-state index contributed by atoms with van der Waals surface area (Å²) >= 11 is 0. The molecule has 3 N–H and O–H groups in total. The fraction of sp³-hybridized carbons (Fsp3) is 0.0952. The number of anilines is 1. The Kier molecular flexibility index (Phi) is 5.27. The Balaban J connectivity index is 1.68. The summed E-state index contributed by atoms with van der Waals surface area (Å²) in [6.45, 7) is -0.660. The molecule has 1 aromatic carbocycles. The maximum atomic E-state index is 13.2. The number of aromatic amines is 1. The number of aliphatic hydroxyl groups excluding tert-OH is 1. The molecule has 9 heteroatoms. The second-order valence-electron chi connectivity index (χ2n) is 6.28. The van der Waals surface area contributed by atoms with Gasteiger partial charge in [0.1, 0.15) is 18.1 Å². The number of halogens is 1. The lowest BCUT2D eigenvalue weighted by Crippen LogP contribution is -2.17. The number of benzene rings is 1. The fourth-order valence-corrected chi connectivity index (χ4v) is 2.91. The largest absolute Gasteiger partial charge is 0.459 e. The van der Waals surface area contributed by atoms with Crippen molar-refractivity contribution in [3.05, 3.63) is 77.4 Å². The molecule has 0 bridgehead atoms. The number of esters is 1. The highest BCUT2D eigenvalue weighted by molar-refractivity contribution is 6.26. The van der Waals surface area contributed by atoms with E-state index in [9.17, 15) is 14.0 Å². The highest BCUT2D eigenvalue weighted by Gasteiger charge is 2.37. The molecular weight excluding hydrogens is 393 g/mol. The van der Waals surface area contributed by atoms with Crippen LogP contribution in [-0.2, 0) is 19.1 Å². The van der Waals surface area contributed by atoms with Gasteiger partial charge >= 0.3 is 5.97 Å². The third-order valence-electron chi connectivity index (χ3n) is 4.29. The number of aliphatic hydroxyl groups is 1. The molecule has 1 aliphatic heterocycles. The zero-order valence-electron chi connectivity index (χ0n) is 15.5. The molecule has 0 fully saturated rings. The van der Waals surface area contributed by atoms with Crippen molar-refractivity contribution in [1.29, 1.82) is 0 Å². The Bertz CT molecular complexity index is 1180. The first kappa shape index (κ1) is 19.3. The second kappa shape index (κ2) is 8.18. The van der Waals surface area contributed by atoms with Gasteiger partial charge in [0.05, 0.1) is 6.61 Å². The van der Waals surface area contributed by atoms with Crippen LogP contribution in [0.1, 0.15) is 5.56 Å². The van der Waals surface area contributed by atoms with Gasteiger partial charge in [-0.1, -0.05) is 0 Å². The predicted octanol–water partition coefficient (Wildman–Crippen LogP) is 2.50. The molecule has 152 valence electrons. The molecule has 30 heavy (non-hydrogen) atoms. The third kappa shape index (κ3) is 3.78. The van der Waals surface area contributed by atoms with Gasteiger partial charge in [0.25, 0.3) is 0 Å². The molecular formula is C21H16FN3O5. The lowest BCUT2D eigenvalue weighted by molar-refractivity contribution is -0.141. The zero-order chi connectivity index (χ0) is 21.1. The standard InChI is InChI=1S/C21H16FN3O5/c22-13-3-5-14(6-4-13)25-20-17(21(28)29-9-8-26)18(27)16(30-20)10-12-11-24-19-15(12)2-1-7-23-19/h1-7,10-11,25-26H,8-9H2,(H,23,24)/b16-10-. The average Bonchev–Trinajstić information content (AvgIpc) is 3.29. The Morgan fingerprint density at radius 1 is 1.30 bits per heavy atom. The van der Waals surface area contributed by atoms with E-state index in [4.69, 9.17) is 14.6 Å². The van der Waals surface area contributed by atoms with Gasteiger partial charge in [-0.2, -0.15) is 0 Å². The quantitative estimate of drug-likeness (QED) is 0.326. The molecule has 0 spiro atoms. The van der Waals surface area contributed by atoms with Crippen molar-refractivity contribution >= 4 is 34.5 Å². The number of pyridine rings is 1. The number of ketones is 1. The van der Waals surface area contributed by atoms with Crippen LogP contribution in [0.3, 0.4) is 0 Å². The monoisotopic (exact) mass is 409 g/mol. The van der Waals surface area contributed by atoms with E-state index in [2.05, 4.69) is 15.3 Å². The molecule has 8 nitrogen and oxygen atoms in total. The summed E-state index contributed by atoms with van der Waals surface area (Å²) < 4.78 is 23.7. The maximum Gasteiger partial charge on any atom is 0.347 e. The summed E-state index contributed by atoms with van der Waals surface area (Å²) in [6, 6.07) is 8.89. The van der Waals surface area contributed by atoms with Gasteiger partial charge in [0, 0.05) is 29.0 Å². The van der Waals surface area contributed by atoms with E-state index in [0.29, 0.717) is 16.9 Å². The van der Waals surface area contributed by atoms with E-state index >= 15 is 0 Å². The number of H-pyrrole nitrogens is 1. The van der Waals surface area contributed by atoms with Crippen LogP contribution in [-0.4, -0.2) is 40.0 Å². The van der Waals surface area contributed by atoms with Crippen LogP contribution in [0, 0.1) is 5.82 Å². The van der Waals surface area contributed by atoms with E-state index in [0.717, 1.165) is 5.39 Å². The number of nitrogens with zero attached hydrogens (tertiary/aromatic N) is 1. The lowest BCUT2D eigenvalue weighted by atomic mass is 10.1. The summed E-state index contributed by atoms with van der Waals surface area (Å²) in [5, 5.41) is 12.5. The van der Waals surface area contributed by atoms with Crippen LogP contribution in [0.25, 0.3) is 17.1 Å². The van der Waals surface area contributed by atoms with Gasteiger partial charge in [-0.3, -0.25) is 4.79 Å². The topological polar surface area (TPSA) is 114 Å².